The van der Waals surface area contributed by atoms with Crippen LogP contribution in [0.5, 0.6) is 11.5 Å². The molecule has 0 bridgehead atoms. The Hall–Kier alpha value is -5.38. The minimum absolute atomic E-state index is 0.0937. The Bertz CT molecular complexity index is 2040. The van der Waals surface area contributed by atoms with Crippen LogP contribution in [0.3, 0.4) is 0 Å². The summed E-state index contributed by atoms with van der Waals surface area (Å²) in [6, 6.07) is 14.2. The number of nitrogen functional groups attached to an aromatic ring is 1. The highest BCUT2D eigenvalue weighted by Gasteiger charge is 2.43. The monoisotopic (exact) mass is 744 g/mol. The molecule has 0 aliphatic heterocycles. The van der Waals surface area contributed by atoms with Gasteiger partial charge in [-0.3, -0.25) is 9.59 Å². The first kappa shape index (κ1) is 39.4. The lowest BCUT2D eigenvalue weighted by Gasteiger charge is -2.26. The van der Waals surface area contributed by atoms with Crippen LogP contribution in [0, 0.1) is 0 Å². The van der Waals surface area contributed by atoms with Gasteiger partial charge in [0.05, 0.1) is 35.8 Å². The van der Waals surface area contributed by atoms with Gasteiger partial charge in [-0.15, -0.1) is 0 Å². The summed E-state index contributed by atoms with van der Waals surface area (Å²) < 4.78 is 81.2. The normalized spacial score (nSPS) is 12.9. The molecule has 2 atom stereocenters. The number of fused-ring (bicyclic) bond motifs is 1. The fourth-order valence-corrected chi connectivity index (χ4v) is 6.99. The maximum Gasteiger partial charge on any atom is 0.491 e. The molecule has 0 aliphatic rings. The summed E-state index contributed by atoms with van der Waals surface area (Å²) in [6.07, 6.45) is -4.96. The van der Waals surface area contributed by atoms with Gasteiger partial charge in [-0.1, -0.05) is 31.2 Å². The number of nitrogens with one attached hydrogen (secondary N) is 2. The Morgan fingerprint density at radius 1 is 0.962 bits per heavy atom. The number of alkyl halides is 3. The van der Waals surface area contributed by atoms with E-state index in [0.29, 0.717) is 33.5 Å². The topological polar surface area (TPSA) is 176 Å². The van der Waals surface area contributed by atoms with Gasteiger partial charge in [-0.25, -0.2) is 18.2 Å². The molecule has 0 saturated heterocycles. The van der Waals surface area contributed by atoms with Crippen LogP contribution in [-0.4, -0.2) is 55.9 Å². The van der Waals surface area contributed by atoms with Gasteiger partial charge < -0.3 is 30.6 Å². The first-order valence-corrected chi connectivity index (χ1v) is 18.0. The van der Waals surface area contributed by atoms with E-state index in [4.69, 9.17) is 15.2 Å². The Balaban J connectivity index is 1.82. The fourth-order valence-electron chi connectivity index (χ4n) is 5.38. The molecule has 1 heterocycles. The van der Waals surface area contributed by atoms with Crippen LogP contribution in [0.15, 0.2) is 77.8 Å². The van der Waals surface area contributed by atoms with Crippen molar-refractivity contribution < 1.29 is 50.2 Å². The molecular formula is C36H39F3N4O8S. The summed E-state index contributed by atoms with van der Waals surface area (Å²) in [5.41, 5.74) is 6.71. The predicted octanol–water partition coefficient (Wildman–Crippen LogP) is 6.22. The number of hydrogen-bond acceptors (Lipinski definition) is 11. The second-order valence-electron chi connectivity index (χ2n) is 11.9. The number of rotatable bonds is 15. The van der Waals surface area contributed by atoms with E-state index in [2.05, 4.69) is 20.4 Å². The van der Waals surface area contributed by atoms with Gasteiger partial charge in [0.2, 0.25) is 5.91 Å². The molecule has 16 heteroatoms. The third-order valence-electron chi connectivity index (χ3n) is 7.56. The van der Waals surface area contributed by atoms with Crippen molar-refractivity contribution in [2.75, 3.05) is 23.4 Å². The molecule has 0 radical (unpaired) electrons. The molecule has 1 amide bonds. The van der Waals surface area contributed by atoms with E-state index < -0.39 is 52.4 Å². The molecule has 0 spiro atoms. The van der Waals surface area contributed by atoms with E-state index in [0.717, 1.165) is 0 Å². The van der Waals surface area contributed by atoms with E-state index in [9.17, 15) is 36.0 Å². The highest BCUT2D eigenvalue weighted by Crippen LogP contribution is 2.35. The van der Waals surface area contributed by atoms with Gasteiger partial charge in [0.1, 0.15) is 11.9 Å². The highest BCUT2D eigenvalue weighted by atomic mass is 32.2. The van der Waals surface area contributed by atoms with Crippen LogP contribution in [0.25, 0.3) is 10.8 Å². The van der Waals surface area contributed by atoms with Crippen LogP contribution < -0.4 is 25.8 Å². The van der Waals surface area contributed by atoms with Crippen LogP contribution in [0.4, 0.5) is 24.7 Å². The van der Waals surface area contributed by atoms with Crippen molar-refractivity contribution in [3.63, 3.8) is 0 Å². The van der Waals surface area contributed by atoms with Crippen molar-refractivity contribution in [1.29, 1.82) is 0 Å². The van der Waals surface area contributed by atoms with Gasteiger partial charge >= 0.3 is 18.1 Å². The number of pyridine rings is 1. The summed E-state index contributed by atoms with van der Waals surface area (Å²) in [4.78, 5) is 42.5. The zero-order valence-corrected chi connectivity index (χ0v) is 29.6. The highest BCUT2D eigenvalue weighted by molar-refractivity contribution is 7.91. The second-order valence-corrected chi connectivity index (χ2v) is 14.0. The first-order valence-electron chi connectivity index (χ1n) is 16.3. The molecule has 3 aromatic carbocycles. The number of esters is 2. The fraction of sp³-hybridized carbons (Fsp3) is 0.333. The van der Waals surface area contributed by atoms with E-state index in [1.165, 1.54) is 30.5 Å². The van der Waals surface area contributed by atoms with E-state index in [-0.39, 0.29) is 41.2 Å². The first-order chi connectivity index (χ1) is 24.5. The molecule has 4 N–H and O–H groups in total. The Morgan fingerprint density at radius 2 is 1.69 bits per heavy atom. The van der Waals surface area contributed by atoms with E-state index >= 15 is 0 Å². The molecule has 278 valence electrons. The van der Waals surface area contributed by atoms with Crippen molar-refractivity contribution >= 4 is 50.0 Å². The molecule has 0 aliphatic carbocycles. The van der Waals surface area contributed by atoms with Gasteiger partial charge in [-0.05, 0) is 86.2 Å². The third kappa shape index (κ3) is 9.90. The standard InChI is InChI=1S/C36H39F3N4O8S/c1-5-17-52(47,48)30-10-8-7-9-26(30)27(20-31(44)51-35(46)36(37,38)39)43-34(45)32(23-11-14-28(50-21(3)4)29(19-23)49-6-2)42-24-12-13-25-22(18-24)15-16-41-33(25)40/h7-16,18-19,21,27,32,42H,5-6,17,20H2,1-4H3,(H2,40,41)(H,43,45)/t27-,32?/m1/s1. The van der Waals surface area contributed by atoms with E-state index in [1.54, 1.807) is 56.3 Å². The number of aromatic nitrogens is 1. The lowest BCUT2D eigenvalue weighted by atomic mass is 10.0. The molecule has 0 fully saturated rings. The number of amides is 1. The average Bonchev–Trinajstić information content (AvgIpc) is 3.07. The zero-order chi connectivity index (χ0) is 38.2. The van der Waals surface area contributed by atoms with Crippen molar-refractivity contribution in [2.45, 2.75) is 69.8 Å². The Kier molecular flexibility index (Phi) is 12.7. The number of hydrogen-bond donors (Lipinski definition) is 3. The van der Waals surface area contributed by atoms with Crippen LogP contribution in [0.1, 0.15) is 63.7 Å². The van der Waals surface area contributed by atoms with Gasteiger partial charge in [-0.2, -0.15) is 13.2 Å². The summed E-state index contributed by atoms with van der Waals surface area (Å²) >= 11 is 0. The minimum atomic E-state index is -5.48. The molecule has 4 rings (SSSR count). The van der Waals surface area contributed by atoms with Crippen LogP contribution in [0.2, 0.25) is 0 Å². The average molecular weight is 745 g/mol. The molecule has 1 aromatic heterocycles. The van der Waals surface area contributed by atoms with Gasteiger partial charge in [0.25, 0.3) is 0 Å². The quantitative estimate of drug-likeness (QED) is 0.0931. The van der Waals surface area contributed by atoms with E-state index in [1.807, 2.05) is 13.8 Å². The largest absolute Gasteiger partial charge is 0.491 e. The summed E-state index contributed by atoms with van der Waals surface area (Å²) in [6.45, 7) is 7.32. The minimum Gasteiger partial charge on any atom is -0.490 e. The van der Waals surface area contributed by atoms with Gasteiger partial charge in [0, 0.05) is 17.3 Å². The lowest BCUT2D eigenvalue weighted by Crippen LogP contribution is -2.38. The molecular weight excluding hydrogens is 705 g/mol. The molecule has 4 aromatic rings. The van der Waals surface area contributed by atoms with Crippen molar-refractivity contribution in [3.05, 3.63) is 84.1 Å². The zero-order valence-electron chi connectivity index (χ0n) is 28.8. The predicted molar refractivity (Wildman–Crippen MR) is 187 cm³/mol. The van der Waals surface area contributed by atoms with Crippen LogP contribution in [-0.2, 0) is 29.0 Å². The number of carbonyl (C=O) groups is 3. The summed E-state index contributed by atoms with van der Waals surface area (Å²) in [5, 5.41) is 7.13. The maximum absolute atomic E-state index is 14.4. The van der Waals surface area contributed by atoms with Crippen LogP contribution >= 0.6 is 0 Å². The number of anilines is 2. The number of sulfone groups is 1. The third-order valence-corrected chi connectivity index (χ3v) is 9.55. The molecule has 12 nitrogen and oxygen atoms in total. The lowest BCUT2D eigenvalue weighted by molar-refractivity contribution is -0.202. The van der Waals surface area contributed by atoms with Crippen molar-refractivity contribution in [2.24, 2.45) is 0 Å². The number of halogens is 3. The molecule has 1 unspecified atom stereocenters. The number of carbonyl (C=O) groups excluding carboxylic acids is 3. The second kappa shape index (κ2) is 16.8. The maximum atomic E-state index is 14.4. The summed E-state index contributed by atoms with van der Waals surface area (Å²) in [5.74, 6) is -4.51. The Labute approximate surface area is 298 Å². The number of nitrogens with zero attached hydrogens (tertiary/aromatic N) is 1. The molecule has 52 heavy (non-hydrogen) atoms. The van der Waals surface area contributed by atoms with Crippen molar-refractivity contribution in [3.8, 4) is 11.5 Å². The number of ether oxygens (including phenoxy) is 3. The summed E-state index contributed by atoms with van der Waals surface area (Å²) in [7, 11) is -3.99. The molecule has 0 saturated carbocycles. The number of nitrogens with two attached hydrogens (primary N) is 1. The van der Waals surface area contributed by atoms with Gasteiger partial charge in [0.15, 0.2) is 21.3 Å². The number of benzene rings is 3. The van der Waals surface area contributed by atoms with Crippen molar-refractivity contribution in [1.82, 2.24) is 10.3 Å². The smallest absolute Gasteiger partial charge is 0.490 e. The Morgan fingerprint density at radius 3 is 2.37 bits per heavy atom. The SMILES string of the molecule is CCCS(=O)(=O)c1ccccc1[C@@H](CC(=O)OC(=O)C(F)(F)F)NC(=O)C(Nc1ccc2c(N)nccc2c1)c1ccc(OC(C)C)c(OCC)c1.